The largest absolute Gasteiger partial charge is 0.304 e. The second-order valence-electron chi connectivity index (χ2n) is 7.06. The van der Waals surface area contributed by atoms with Crippen molar-refractivity contribution in [2.45, 2.75) is 6.42 Å². The number of hydrogen-bond acceptors (Lipinski definition) is 6. The van der Waals surface area contributed by atoms with Crippen LogP contribution in [-0.4, -0.2) is 75.1 Å². The van der Waals surface area contributed by atoms with Gasteiger partial charge in [0.15, 0.2) is 5.78 Å². The van der Waals surface area contributed by atoms with Gasteiger partial charge in [-0.15, -0.1) is 0 Å². The molecule has 0 radical (unpaired) electrons. The minimum Gasteiger partial charge on any atom is -0.304 e. The van der Waals surface area contributed by atoms with Gasteiger partial charge in [-0.2, -0.15) is 5.10 Å². The molecule has 140 valence electrons. The van der Waals surface area contributed by atoms with E-state index in [9.17, 15) is 4.79 Å². The summed E-state index contributed by atoms with van der Waals surface area (Å²) in [6.07, 6.45) is 6.62. The summed E-state index contributed by atoms with van der Waals surface area (Å²) in [5.74, 6) is 0.148. The number of Topliss-reactive ketones (excluding diaryl/α,β-unsaturated/α-hetero) is 1. The number of pyridine rings is 2. The van der Waals surface area contributed by atoms with Crippen LogP contribution in [0.1, 0.15) is 9.81 Å². The fourth-order valence-electron chi connectivity index (χ4n) is 3.32. The van der Waals surface area contributed by atoms with Crippen molar-refractivity contribution >= 4 is 16.7 Å². The number of ketones is 1. The van der Waals surface area contributed by atoms with E-state index in [1.165, 1.54) is 12.4 Å². The smallest absolute Gasteiger partial charge is 0.152 e. The highest BCUT2D eigenvalue weighted by molar-refractivity contribution is 5.86. The highest BCUT2D eigenvalue weighted by Gasteiger charge is 2.17. The summed E-state index contributed by atoms with van der Waals surface area (Å²) >= 11 is 0. The number of aromatic nitrogens is 4. The zero-order chi connectivity index (χ0) is 21.3. The third-order valence-corrected chi connectivity index (χ3v) is 4.91. The van der Waals surface area contributed by atoms with Gasteiger partial charge in [-0.05, 0) is 19.2 Å². The molecule has 0 N–H and O–H groups in total. The molecule has 1 fully saturated rings. The number of nitrogens with zero attached hydrogens (tertiary/aromatic N) is 6. The van der Waals surface area contributed by atoms with Crippen molar-refractivity contribution in [2.75, 3.05) is 39.8 Å². The summed E-state index contributed by atoms with van der Waals surface area (Å²) in [7, 11) is 2.09. The highest BCUT2D eigenvalue weighted by atomic mass is 16.1. The Morgan fingerprint density at radius 1 is 1.11 bits per heavy atom. The van der Waals surface area contributed by atoms with E-state index in [4.69, 9.17) is 4.11 Å². The minimum absolute atomic E-state index is 0.148. The Labute approximate surface area is 162 Å². The summed E-state index contributed by atoms with van der Waals surface area (Å²) in [5, 5.41) is 4.78. The quantitative estimate of drug-likeness (QED) is 0.679. The van der Waals surface area contributed by atoms with Gasteiger partial charge in [0.25, 0.3) is 0 Å². The van der Waals surface area contributed by atoms with E-state index in [2.05, 4.69) is 31.9 Å². The van der Waals surface area contributed by atoms with E-state index in [1.807, 2.05) is 12.1 Å². The zero-order valence-electron chi connectivity index (χ0n) is 18.3. The molecule has 0 spiro atoms. The lowest BCUT2D eigenvalue weighted by atomic mass is 10.1. The van der Waals surface area contributed by atoms with Gasteiger partial charge in [0.05, 0.1) is 30.9 Å². The van der Waals surface area contributed by atoms with E-state index < -0.39 is 6.98 Å². The SMILES string of the molecule is [2H]C([2H])([2H])n1cc(-c2cnc3cnc(CC(=O)CN4CCN(C)CC4)cc3c2)cn1. The lowest BCUT2D eigenvalue weighted by Crippen LogP contribution is -2.46. The summed E-state index contributed by atoms with van der Waals surface area (Å²) in [5.41, 5.74) is 2.86. The van der Waals surface area contributed by atoms with Crippen molar-refractivity contribution in [3.8, 4) is 11.1 Å². The number of rotatable bonds is 5. The fraction of sp³-hybridized carbons (Fsp3) is 0.400. The van der Waals surface area contributed by atoms with Gasteiger partial charge in [-0.25, -0.2) is 0 Å². The van der Waals surface area contributed by atoms with Crippen LogP contribution in [0, 0.1) is 0 Å². The molecule has 0 unspecified atom stereocenters. The van der Waals surface area contributed by atoms with Crippen LogP contribution in [0.5, 0.6) is 0 Å². The van der Waals surface area contributed by atoms with Gasteiger partial charge < -0.3 is 4.90 Å². The monoisotopic (exact) mass is 367 g/mol. The van der Waals surface area contributed by atoms with E-state index in [-0.39, 0.29) is 12.2 Å². The molecule has 3 aromatic heterocycles. The Kier molecular flexibility index (Phi) is 4.03. The summed E-state index contributed by atoms with van der Waals surface area (Å²) in [4.78, 5) is 25.8. The molecule has 4 rings (SSSR count). The Hall–Kier alpha value is -2.64. The molecule has 0 amide bonds. The van der Waals surface area contributed by atoms with Crippen molar-refractivity contribution in [1.29, 1.82) is 0 Å². The molecule has 4 heterocycles. The first kappa shape index (κ1) is 14.4. The van der Waals surface area contributed by atoms with Crippen LogP contribution in [0.25, 0.3) is 22.0 Å². The summed E-state index contributed by atoms with van der Waals surface area (Å²) < 4.78 is 23.3. The van der Waals surface area contributed by atoms with E-state index in [0.717, 1.165) is 47.3 Å². The molecular weight excluding hydrogens is 340 g/mol. The van der Waals surface area contributed by atoms with Crippen LogP contribution in [0.4, 0.5) is 0 Å². The van der Waals surface area contributed by atoms with Gasteiger partial charge in [0, 0.05) is 71.9 Å². The lowest BCUT2D eigenvalue weighted by molar-refractivity contribution is -0.120. The van der Waals surface area contributed by atoms with Gasteiger partial charge in [0.2, 0.25) is 0 Å². The van der Waals surface area contributed by atoms with Crippen molar-refractivity contribution < 1.29 is 8.91 Å². The number of carbonyl (C=O) groups is 1. The Bertz CT molecular complexity index is 1060. The van der Waals surface area contributed by atoms with Gasteiger partial charge in [-0.3, -0.25) is 24.3 Å². The molecule has 1 aliphatic rings. The van der Waals surface area contributed by atoms with Crippen molar-refractivity contribution in [3.05, 3.63) is 42.6 Å². The standard InChI is InChI=1S/C20H24N6O/c1-24-3-5-26(6-4-24)14-19(27)9-18-8-15-7-16(10-22-20(15)12-21-18)17-11-23-25(2)13-17/h7-8,10-13H,3-6,9,14H2,1-2H3/i2D3. The number of hydrogen-bond donors (Lipinski definition) is 0. The molecule has 0 saturated carbocycles. The predicted molar refractivity (Wildman–Crippen MR) is 104 cm³/mol. The van der Waals surface area contributed by atoms with Crippen LogP contribution < -0.4 is 0 Å². The maximum atomic E-state index is 12.5. The van der Waals surface area contributed by atoms with Crippen LogP contribution in [-0.2, 0) is 18.2 Å². The zero-order valence-corrected chi connectivity index (χ0v) is 15.3. The maximum absolute atomic E-state index is 12.5. The van der Waals surface area contributed by atoms with Gasteiger partial charge in [-0.1, -0.05) is 0 Å². The Morgan fingerprint density at radius 3 is 2.74 bits per heavy atom. The average Bonchev–Trinajstić information content (AvgIpc) is 3.20. The minimum atomic E-state index is -2.32. The number of fused-ring (bicyclic) bond motifs is 1. The van der Waals surface area contributed by atoms with Crippen molar-refractivity contribution in [1.82, 2.24) is 29.5 Å². The summed E-state index contributed by atoms with van der Waals surface area (Å²) in [6.45, 7) is 1.90. The molecule has 1 saturated heterocycles. The summed E-state index contributed by atoms with van der Waals surface area (Å²) in [6, 6.07) is 3.79. The van der Waals surface area contributed by atoms with E-state index in [0.29, 0.717) is 17.8 Å². The predicted octanol–water partition coefficient (Wildman–Crippen LogP) is 1.39. The number of aryl methyl sites for hydroxylation is 1. The number of likely N-dealkylation sites (N-methyl/N-ethyl adjacent to an activating group) is 1. The molecule has 7 heteroatoms. The van der Waals surface area contributed by atoms with Crippen LogP contribution in [0.2, 0.25) is 0 Å². The van der Waals surface area contributed by atoms with E-state index in [1.54, 1.807) is 12.4 Å². The third kappa shape index (κ3) is 4.20. The molecule has 3 aromatic rings. The molecular formula is C20H24N6O. The number of piperazine rings is 1. The van der Waals surface area contributed by atoms with Crippen LogP contribution in [0.15, 0.2) is 36.9 Å². The lowest BCUT2D eigenvalue weighted by Gasteiger charge is -2.31. The normalized spacial score (nSPS) is 18.2. The third-order valence-electron chi connectivity index (χ3n) is 4.91. The molecule has 27 heavy (non-hydrogen) atoms. The van der Waals surface area contributed by atoms with Crippen molar-refractivity contribution in [3.63, 3.8) is 0 Å². The molecule has 0 aromatic carbocycles. The molecule has 0 aliphatic carbocycles. The van der Waals surface area contributed by atoms with E-state index >= 15 is 0 Å². The first-order chi connectivity index (χ1) is 14.3. The molecule has 0 atom stereocenters. The van der Waals surface area contributed by atoms with Crippen LogP contribution in [0.3, 0.4) is 0 Å². The average molecular weight is 367 g/mol. The second kappa shape index (κ2) is 7.54. The highest BCUT2D eigenvalue weighted by Crippen LogP contribution is 2.22. The van der Waals surface area contributed by atoms with Crippen LogP contribution >= 0.6 is 0 Å². The number of carbonyl (C=O) groups excluding carboxylic acids is 1. The fourth-order valence-corrected chi connectivity index (χ4v) is 3.32. The molecule has 1 aliphatic heterocycles. The van der Waals surface area contributed by atoms with Gasteiger partial charge in [0.1, 0.15) is 0 Å². The van der Waals surface area contributed by atoms with Crippen molar-refractivity contribution in [2.24, 2.45) is 6.98 Å². The maximum Gasteiger partial charge on any atom is 0.152 e. The first-order valence-corrected chi connectivity index (χ1v) is 9.01. The molecule has 7 nitrogen and oxygen atoms in total. The topological polar surface area (TPSA) is 67.2 Å². The van der Waals surface area contributed by atoms with Gasteiger partial charge >= 0.3 is 0 Å². The Balaban J connectivity index is 1.49. The first-order valence-electron chi connectivity index (χ1n) is 10.5. The second-order valence-corrected chi connectivity index (χ2v) is 7.06. The Morgan fingerprint density at radius 2 is 1.96 bits per heavy atom. The molecule has 0 bridgehead atoms.